The summed E-state index contributed by atoms with van der Waals surface area (Å²) in [7, 11) is 0. The fourth-order valence-corrected chi connectivity index (χ4v) is 9.41. The Morgan fingerprint density at radius 2 is 1.76 bits per heavy atom. The molecule has 51 heavy (non-hydrogen) atoms. The summed E-state index contributed by atoms with van der Waals surface area (Å²) in [6.07, 6.45) is 9.73. The number of nitrogens with zero attached hydrogens (tertiary/aromatic N) is 1. The number of benzene rings is 3. The molecular weight excluding hydrogens is 666 g/mol. The number of halogens is 1. The van der Waals surface area contributed by atoms with Crippen LogP contribution in [0, 0.1) is 23.6 Å². The fraction of sp³-hybridized carbons (Fsp3) is 0.452. The molecule has 9 heteroatoms. The van der Waals surface area contributed by atoms with E-state index in [9.17, 15) is 14.6 Å². The largest absolute Gasteiger partial charge is 0.489 e. The average molecular weight is 716 g/mol. The Bertz CT molecular complexity index is 1670. The highest BCUT2D eigenvalue weighted by molar-refractivity contribution is 8.00. The van der Waals surface area contributed by atoms with E-state index in [1.165, 1.54) is 6.07 Å². The van der Waals surface area contributed by atoms with Gasteiger partial charge in [0.1, 0.15) is 30.5 Å². The van der Waals surface area contributed by atoms with Crippen molar-refractivity contribution in [1.82, 2.24) is 0 Å². The molecule has 1 saturated carbocycles. The number of ether oxygens (including phenoxy) is 3. The summed E-state index contributed by atoms with van der Waals surface area (Å²) in [6.45, 7) is 7.09. The lowest BCUT2D eigenvalue weighted by atomic mass is 9.56. The monoisotopic (exact) mass is 715 g/mol. The zero-order valence-corrected chi connectivity index (χ0v) is 30.2. The number of thioether (sulfide) groups is 1. The Hall–Kier alpha value is -3.63. The zero-order valence-electron chi connectivity index (χ0n) is 29.4. The summed E-state index contributed by atoms with van der Waals surface area (Å²) in [5.74, 6) is 0.0704. The molecule has 3 aliphatic rings. The summed E-state index contributed by atoms with van der Waals surface area (Å²) in [5.41, 5.74) is 3.50. The van der Waals surface area contributed by atoms with Crippen LogP contribution < -0.4 is 9.47 Å². The van der Waals surface area contributed by atoms with Gasteiger partial charge in [0.15, 0.2) is 0 Å². The van der Waals surface area contributed by atoms with Crippen LogP contribution in [0.4, 0.5) is 4.39 Å². The molecular formula is C42H50FNO6S. The Morgan fingerprint density at radius 3 is 2.51 bits per heavy atom. The molecule has 0 saturated heterocycles. The number of rotatable bonds is 18. The number of fused-ring (bicyclic) bond motifs is 2. The molecule has 7 nitrogen and oxygen atoms in total. The highest BCUT2D eigenvalue weighted by Crippen LogP contribution is 2.63. The third kappa shape index (κ3) is 8.22. The van der Waals surface area contributed by atoms with Crippen molar-refractivity contribution in [2.75, 3.05) is 26.4 Å². The van der Waals surface area contributed by atoms with Crippen LogP contribution in [-0.2, 0) is 16.2 Å². The quantitative estimate of drug-likeness (QED) is 0.0773. The van der Waals surface area contributed by atoms with Gasteiger partial charge in [-0.05, 0) is 86.4 Å². The van der Waals surface area contributed by atoms with Crippen molar-refractivity contribution >= 4 is 17.5 Å². The number of aliphatic hydroxyl groups excluding tert-OH is 2. The maximum atomic E-state index is 14.6. The molecule has 6 rings (SSSR count). The average Bonchev–Trinajstić information content (AvgIpc) is 3.15. The van der Waals surface area contributed by atoms with Crippen LogP contribution in [0.25, 0.3) is 0 Å². The molecule has 3 aromatic carbocycles. The molecule has 0 bridgehead atoms. The van der Waals surface area contributed by atoms with E-state index in [-0.39, 0.29) is 54.6 Å². The summed E-state index contributed by atoms with van der Waals surface area (Å²) < 4.78 is 35.0. The molecule has 3 aromatic rings. The van der Waals surface area contributed by atoms with Crippen molar-refractivity contribution in [2.24, 2.45) is 22.9 Å². The van der Waals surface area contributed by atoms with E-state index in [4.69, 9.17) is 24.2 Å². The van der Waals surface area contributed by atoms with Gasteiger partial charge < -0.3 is 29.3 Å². The second-order valence-corrected chi connectivity index (χ2v) is 14.8. The minimum atomic E-state index is -1.07. The van der Waals surface area contributed by atoms with Crippen LogP contribution in [0.1, 0.15) is 68.9 Å². The topological polar surface area (TPSA) is 89.7 Å². The number of hydrogen-bond donors (Lipinski definition) is 2. The molecule has 0 radical (unpaired) electrons. The predicted molar refractivity (Wildman–Crippen MR) is 200 cm³/mol. The maximum absolute atomic E-state index is 14.6. The normalized spacial score (nSPS) is 25.7. The van der Waals surface area contributed by atoms with Gasteiger partial charge in [0.05, 0.1) is 23.5 Å². The maximum Gasteiger partial charge on any atom is 0.231 e. The van der Waals surface area contributed by atoms with Crippen LogP contribution in [0.15, 0.2) is 107 Å². The smallest absolute Gasteiger partial charge is 0.231 e. The van der Waals surface area contributed by atoms with Gasteiger partial charge in [0.25, 0.3) is 0 Å². The van der Waals surface area contributed by atoms with Crippen LogP contribution in [-0.4, -0.2) is 53.4 Å². The van der Waals surface area contributed by atoms with Gasteiger partial charge in [-0.15, -0.1) is 18.3 Å². The minimum Gasteiger partial charge on any atom is -0.489 e. The van der Waals surface area contributed by atoms with Crippen LogP contribution in [0.3, 0.4) is 0 Å². The molecule has 6 unspecified atom stereocenters. The molecule has 1 aliphatic heterocycles. The van der Waals surface area contributed by atoms with E-state index in [1.54, 1.807) is 30.0 Å². The molecule has 1 heterocycles. The van der Waals surface area contributed by atoms with Crippen LogP contribution >= 0.6 is 11.8 Å². The summed E-state index contributed by atoms with van der Waals surface area (Å²) in [5, 5.41) is 24.1. The Morgan fingerprint density at radius 1 is 1.00 bits per heavy atom. The molecule has 2 aliphatic carbocycles. The fourth-order valence-electron chi connectivity index (χ4n) is 8.10. The van der Waals surface area contributed by atoms with E-state index < -0.39 is 5.79 Å². The first-order valence-corrected chi connectivity index (χ1v) is 19.2. The lowest BCUT2D eigenvalue weighted by Crippen LogP contribution is -2.64. The van der Waals surface area contributed by atoms with Gasteiger partial charge >= 0.3 is 0 Å². The predicted octanol–water partition coefficient (Wildman–Crippen LogP) is 8.85. The van der Waals surface area contributed by atoms with Crippen LogP contribution in [0.5, 0.6) is 11.5 Å². The highest BCUT2D eigenvalue weighted by atomic mass is 32.2. The van der Waals surface area contributed by atoms with Gasteiger partial charge in [-0.1, -0.05) is 66.5 Å². The third-order valence-corrected chi connectivity index (χ3v) is 11.6. The molecule has 0 spiro atoms. The van der Waals surface area contributed by atoms with Crippen molar-refractivity contribution in [3.63, 3.8) is 0 Å². The van der Waals surface area contributed by atoms with Gasteiger partial charge in [0.2, 0.25) is 5.79 Å². The summed E-state index contributed by atoms with van der Waals surface area (Å²) in [6, 6.07) is 22.9. The first-order chi connectivity index (χ1) is 25.0. The second-order valence-electron chi connectivity index (χ2n) is 13.5. The van der Waals surface area contributed by atoms with Crippen molar-refractivity contribution in [2.45, 2.75) is 80.3 Å². The Kier molecular flexibility index (Phi) is 12.9. The van der Waals surface area contributed by atoms with Crippen molar-refractivity contribution in [3.05, 3.63) is 114 Å². The van der Waals surface area contributed by atoms with Gasteiger partial charge in [-0.25, -0.2) is 4.39 Å². The first kappa shape index (κ1) is 37.1. The molecule has 2 N–H and O–H groups in total. The number of hydrogen-bond acceptors (Lipinski definition) is 8. The van der Waals surface area contributed by atoms with Crippen molar-refractivity contribution in [3.8, 4) is 11.5 Å². The summed E-state index contributed by atoms with van der Waals surface area (Å²) in [4.78, 5) is 6.90. The van der Waals surface area contributed by atoms with Crippen molar-refractivity contribution < 1.29 is 33.7 Å². The van der Waals surface area contributed by atoms with Gasteiger partial charge in [-0.3, -0.25) is 0 Å². The molecule has 272 valence electrons. The SMILES string of the molecule is C=CCOC12Oc3ccc(OCc4ccccc4F)cc3C3C(CCCCO)C(CCCCO)C=C(C(=NOCC)CC1Sc1ccccc1)C32. The zero-order chi connectivity index (χ0) is 35.6. The summed E-state index contributed by atoms with van der Waals surface area (Å²) >= 11 is 1.73. The molecule has 0 aromatic heterocycles. The molecule has 1 fully saturated rings. The van der Waals surface area contributed by atoms with E-state index in [0.717, 1.165) is 59.6 Å². The van der Waals surface area contributed by atoms with E-state index in [2.05, 4.69) is 30.9 Å². The number of unbranched alkanes of at least 4 members (excludes halogenated alkanes) is 2. The lowest BCUT2D eigenvalue weighted by molar-refractivity contribution is -0.223. The number of aliphatic hydroxyl groups is 2. The van der Waals surface area contributed by atoms with E-state index in [1.807, 2.05) is 43.3 Å². The second kappa shape index (κ2) is 17.7. The lowest BCUT2D eigenvalue weighted by Gasteiger charge is -2.58. The van der Waals surface area contributed by atoms with E-state index in [0.29, 0.717) is 37.4 Å². The minimum absolute atomic E-state index is 0.0561. The van der Waals surface area contributed by atoms with Gasteiger partial charge in [-0.2, -0.15) is 0 Å². The number of allylic oxidation sites excluding steroid dienone is 1. The third-order valence-electron chi connectivity index (χ3n) is 10.3. The van der Waals surface area contributed by atoms with Gasteiger partial charge in [0, 0.05) is 41.6 Å². The van der Waals surface area contributed by atoms with Crippen molar-refractivity contribution in [1.29, 1.82) is 0 Å². The molecule has 6 atom stereocenters. The Balaban J connectivity index is 1.52. The standard InChI is InChI=1S/C42H50FNO6S/c1-3-24-48-42-39(51-32-16-6-5-7-17-32)27-37(44-49-4-2)34-25-29(14-10-12-22-45)33(18-11-13-23-46)40(41(34)42)35-26-31(20-21-38(35)50-42)47-28-30-15-8-9-19-36(30)43/h3,5-9,15-17,19-21,25-26,29,33,39-41,45-46H,1,4,10-14,18,22-24,27-28H2,2H3. The highest BCUT2D eigenvalue weighted by Gasteiger charge is 2.64. The number of oxime groups is 1. The first-order valence-electron chi connectivity index (χ1n) is 18.3. The Labute approximate surface area is 305 Å². The van der Waals surface area contributed by atoms with Crippen LogP contribution in [0.2, 0.25) is 0 Å². The van der Waals surface area contributed by atoms with E-state index >= 15 is 0 Å². The molecule has 0 amide bonds.